The maximum atomic E-state index is 6.11. The second-order valence-corrected chi connectivity index (χ2v) is 4.95. The quantitative estimate of drug-likeness (QED) is 0.879. The van der Waals surface area contributed by atoms with E-state index in [1.165, 1.54) is 12.0 Å². The highest BCUT2D eigenvalue weighted by molar-refractivity contribution is 9.10. The third-order valence-electron chi connectivity index (χ3n) is 2.36. The molecule has 1 atom stereocenters. The van der Waals surface area contributed by atoms with E-state index in [0.717, 1.165) is 16.8 Å². The van der Waals surface area contributed by atoms with Gasteiger partial charge in [-0.2, -0.15) is 0 Å². The molecular weight excluding hydrogens is 273 g/mol. The van der Waals surface area contributed by atoms with Crippen LogP contribution < -0.4 is 5.73 Å². The fourth-order valence-electron chi connectivity index (χ4n) is 1.44. The van der Waals surface area contributed by atoms with Gasteiger partial charge in [0.05, 0.1) is 0 Å². The molecule has 3 heteroatoms. The lowest BCUT2D eigenvalue weighted by Gasteiger charge is -2.14. The van der Waals surface area contributed by atoms with Crippen LogP contribution in [0.25, 0.3) is 0 Å². The molecule has 1 aromatic rings. The van der Waals surface area contributed by atoms with E-state index in [4.69, 9.17) is 5.73 Å². The molecule has 0 aliphatic heterocycles. The van der Waals surface area contributed by atoms with Gasteiger partial charge in [0.15, 0.2) is 0 Å². The Hall–Kier alpha value is -0.0500. The van der Waals surface area contributed by atoms with Crippen LogP contribution in [0, 0.1) is 5.92 Å². The Bertz CT molecular complexity index is 289. The topological polar surface area (TPSA) is 26.0 Å². The lowest BCUT2D eigenvalue weighted by Crippen LogP contribution is -2.11. The monoisotopic (exact) mass is 291 g/mol. The van der Waals surface area contributed by atoms with Gasteiger partial charge in [0.2, 0.25) is 0 Å². The predicted molar refractivity (Wildman–Crippen MR) is 72.4 cm³/mol. The van der Waals surface area contributed by atoms with Gasteiger partial charge in [-0.1, -0.05) is 48.0 Å². The van der Waals surface area contributed by atoms with Gasteiger partial charge < -0.3 is 5.73 Å². The molecule has 0 heterocycles. The zero-order valence-electron chi connectivity index (χ0n) is 9.24. The van der Waals surface area contributed by atoms with E-state index < -0.39 is 0 Å². The highest BCUT2D eigenvalue weighted by Gasteiger charge is 2.09. The van der Waals surface area contributed by atoms with Crippen molar-refractivity contribution in [1.29, 1.82) is 0 Å². The lowest BCUT2D eigenvalue weighted by atomic mass is 9.98. The van der Waals surface area contributed by atoms with E-state index >= 15 is 0 Å². The molecule has 0 saturated heterocycles. The molecule has 0 saturated carbocycles. The summed E-state index contributed by atoms with van der Waals surface area (Å²) in [5.41, 5.74) is 7.33. The van der Waals surface area contributed by atoms with Crippen LogP contribution in [0.4, 0.5) is 0 Å². The molecule has 0 aromatic heterocycles. The van der Waals surface area contributed by atoms with Crippen molar-refractivity contribution in [3.05, 3.63) is 34.3 Å². The largest absolute Gasteiger partial charge is 0.324 e. The molecule has 1 aromatic carbocycles. The molecule has 0 unspecified atom stereocenters. The highest BCUT2D eigenvalue weighted by Crippen LogP contribution is 2.25. The van der Waals surface area contributed by atoms with Crippen molar-refractivity contribution in [3.8, 4) is 0 Å². The SMILES string of the molecule is CC(C)CC[C@@H](N)c1ccccc1Br.Cl. The summed E-state index contributed by atoms with van der Waals surface area (Å²) < 4.78 is 1.12. The predicted octanol–water partition coefficient (Wildman–Crippen LogP) is 4.31. The number of nitrogens with two attached hydrogens (primary N) is 1. The van der Waals surface area contributed by atoms with Crippen molar-refractivity contribution in [3.63, 3.8) is 0 Å². The molecule has 86 valence electrons. The van der Waals surface area contributed by atoms with Gasteiger partial charge in [-0.25, -0.2) is 0 Å². The van der Waals surface area contributed by atoms with Crippen LogP contribution in [0.3, 0.4) is 0 Å². The third-order valence-corrected chi connectivity index (χ3v) is 3.08. The number of rotatable bonds is 4. The maximum Gasteiger partial charge on any atom is 0.0306 e. The van der Waals surface area contributed by atoms with Gasteiger partial charge in [0.25, 0.3) is 0 Å². The summed E-state index contributed by atoms with van der Waals surface area (Å²) in [6, 6.07) is 8.35. The fourth-order valence-corrected chi connectivity index (χ4v) is 2.02. The van der Waals surface area contributed by atoms with Gasteiger partial charge in [-0.15, -0.1) is 12.4 Å². The first-order valence-electron chi connectivity index (χ1n) is 5.11. The van der Waals surface area contributed by atoms with Gasteiger partial charge in [-0.3, -0.25) is 0 Å². The number of halogens is 2. The first-order valence-corrected chi connectivity index (χ1v) is 5.90. The van der Waals surface area contributed by atoms with Crippen LogP contribution in [0.2, 0.25) is 0 Å². The summed E-state index contributed by atoms with van der Waals surface area (Å²) in [5, 5.41) is 0. The molecule has 0 spiro atoms. The van der Waals surface area contributed by atoms with Crippen molar-refractivity contribution in [2.24, 2.45) is 11.7 Å². The summed E-state index contributed by atoms with van der Waals surface area (Å²) in [4.78, 5) is 0. The summed E-state index contributed by atoms with van der Waals surface area (Å²) in [6.07, 6.45) is 2.24. The summed E-state index contributed by atoms with van der Waals surface area (Å²) in [7, 11) is 0. The molecular formula is C12H19BrClN. The van der Waals surface area contributed by atoms with Gasteiger partial charge in [-0.05, 0) is 30.4 Å². The molecule has 2 N–H and O–H groups in total. The Labute approximate surface area is 107 Å². The van der Waals surface area contributed by atoms with Gasteiger partial charge in [0, 0.05) is 10.5 Å². The summed E-state index contributed by atoms with van der Waals surface area (Å²) in [6.45, 7) is 4.46. The minimum Gasteiger partial charge on any atom is -0.324 e. The van der Waals surface area contributed by atoms with Crippen LogP contribution in [-0.2, 0) is 0 Å². The van der Waals surface area contributed by atoms with Gasteiger partial charge >= 0.3 is 0 Å². The van der Waals surface area contributed by atoms with Gasteiger partial charge in [0.1, 0.15) is 0 Å². The normalized spacial score (nSPS) is 12.3. The zero-order chi connectivity index (χ0) is 10.6. The standard InChI is InChI=1S/C12H18BrN.ClH/c1-9(2)7-8-12(14)10-5-3-4-6-11(10)13;/h3-6,9,12H,7-8,14H2,1-2H3;1H/t12-;/m1./s1. The van der Waals surface area contributed by atoms with Crippen molar-refractivity contribution in [2.75, 3.05) is 0 Å². The molecule has 1 nitrogen and oxygen atoms in total. The van der Waals surface area contributed by atoms with Crippen LogP contribution in [0.1, 0.15) is 38.3 Å². The van der Waals surface area contributed by atoms with E-state index in [9.17, 15) is 0 Å². The highest BCUT2D eigenvalue weighted by atomic mass is 79.9. The van der Waals surface area contributed by atoms with Crippen molar-refractivity contribution < 1.29 is 0 Å². The average Bonchev–Trinajstić information content (AvgIpc) is 2.15. The molecule has 0 aliphatic rings. The van der Waals surface area contributed by atoms with Crippen molar-refractivity contribution in [1.82, 2.24) is 0 Å². The van der Waals surface area contributed by atoms with E-state index in [-0.39, 0.29) is 18.4 Å². The Balaban J connectivity index is 0.00000196. The molecule has 0 amide bonds. The zero-order valence-corrected chi connectivity index (χ0v) is 11.6. The van der Waals surface area contributed by atoms with E-state index in [1.54, 1.807) is 0 Å². The minimum atomic E-state index is 0. The summed E-state index contributed by atoms with van der Waals surface area (Å²) in [5.74, 6) is 0.725. The molecule has 0 aliphatic carbocycles. The third kappa shape index (κ3) is 5.01. The Morgan fingerprint density at radius 2 is 1.80 bits per heavy atom. The average molecular weight is 293 g/mol. The van der Waals surface area contributed by atoms with Crippen LogP contribution >= 0.6 is 28.3 Å². The molecule has 0 radical (unpaired) electrons. The Morgan fingerprint density at radius 3 is 2.33 bits per heavy atom. The maximum absolute atomic E-state index is 6.11. The first-order chi connectivity index (χ1) is 6.61. The molecule has 15 heavy (non-hydrogen) atoms. The van der Waals surface area contributed by atoms with Crippen LogP contribution in [-0.4, -0.2) is 0 Å². The number of hydrogen-bond acceptors (Lipinski definition) is 1. The Morgan fingerprint density at radius 1 is 1.20 bits per heavy atom. The van der Waals surface area contributed by atoms with Crippen LogP contribution in [0.15, 0.2) is 28.7 Å². The van der Waals surface area contributed by atoms with E-state index in [0.29, 0.717) is 0 Å². The van der Waals surface area contributed by atoms with E-state index in [1.807, 2.05) is 18.2 Å². The fraction of sp³-hybridized carbons (Fsp3) is 0.500. The van der Waals surface area contributed by atoms with E-state index in [2.05, 4.69) is 35.8 Å². The van der Waals surface area contributed by atoms with Crippen LogP contribution in [0.5, 0.6) is 0 Å². The molecule has 0 fully saturated rings. The number of hydrogen-bond donors (Lipinski definition) is 1. The first kappa shape index (κ1) is 14.9. The molecule has 0 bridgehead atoms. The van der Waals surface area contributed by atoms with Crippen molar-refractivity contribution in [2.45, 2.75) is 32.7 Å². The lowest BCUT2D eigenvalue weighted by molar-refractivity contribution is 0.506. The molecule has 1 rings (SSSR count). The smallest absolute Gasteiger partial charge is 0.0306 e. The number of benzene rings is 1. The second kappa shape index (κ2) is 7.26. The second-order valence-electron chi connectivity index (χ2n) is 4.10. The minimum absolute atomic E-state index is 0. The Kier molecular flexibility index (Phi) is 7.24. The van der Waals surface area contributed by atoms with Crippen molar-refractivity contribution >= 4 is 28.3 Å². The summed E-state index contributed by atoms with van der Waals surface area (Å²) >= 11 is 3.52.